The lowest BCUT2D eigenvalue weighted by molar-refractivity contribution is 0.0673. The molecule has 1 unspecified atom stereocenters. The van der Waals surface area contributed by atoms with Gasteiger partial charge in [0.2, 0.25) is 5.88 Å². The van der Waals surface area contributed by atoms with Crippen LogP contribution in [0.1, 0.15) is 17.3 Å². The highest BCUT2D eigenvalue weighted by molar-refractivity contribution is 5.94. The van der Waals surface area contributed by atoms with E-state index in [9.17, 15) is 9.18 Å². The molecule has 8 heteroatoms. The molecule has 160 valence electrons. The summed E-state index contributed by atoms with van der Waals surface area (Å²) in [5.74, 6) is 1.70. The van der Waals surface area contributed by atoms with Crippen LogP contribution >= 0.6 is 0 Å². The largest absolute Gasteiger partial charge is 0.493 e. The Morgan fingerprint density at radius 2 is 1.87 bits per heavy atom. The zero-order chi connectivity index (χ0) is 21.8. The molecule has 0 radical (unpaired) electrons. The standard InChI is InChI=1S/C23H23FN4O3/c1-16-14-27(10-11-28(16)23(29)17-6-5-7-18(24)12-17)21-13-22(26-15-25-21)31-20-9-4-3-8-19(20)30-2/h3-9,12-13,15-16H,10-11,14H2,1-2H3. The van der Waals surface area contributed by atoms with Gasteiger partial charge in [-0.05, 0) is 37.3 Å². The van der Waals surface area contributed by atoms with Crippen LogP contribution in [0.5, 0.6) is 17.4 Å². The first kappa shape index (κ1) is 20.6. The summed E-state index contributed by atoms with van der Waals surface area (Å²) in [6.07, 6.45) is 1.45. The van der Waals surface area contributed by atoms with Gasteiger partial charge >= 0.3 is 0 Å². The van der Waals surface area contributed by atoms with E-state index < -0.39 is 5.82 Å². The van der Waals surface area contributed by atoms with Gasteiger partial charge in [-0.1, -0.05) is 18.2 Å². The van der Waals surface area contributed by atoms with Crippen molar-refractivity contribution in [1.82, 2.24) is 14.9 Å². The molecular weight excluding hydrogens is 399 g/mol. The molecule has 0 saturated carbocycles. The van der Waals surface area contributed by atoms with E-state index in [-0.39, 0.29) is 11.9 Å². The lowest BCUT2D eigenvalue weighted by atomic mass is 10.1. The average Bonchev–Trinajstić information content (AvgIpc) is 2.79. The summed E-state index contributed by atoms with van der Waals surface area (Å²) in [5, 5.41) is 0. The van der Waals surface area contributed by atoms with E-state index in [1.165, 1.54) is 18.5 Å². The first-order chi connectivity index (χ1) is 15.0. The number of benzene rings is 2. The zero-order valence-electron chi connectivity index (χ0n) is 17.4. The molecule has 1 aromatic heterocycles. The maximum absolute atomic E-state index is 13.5. The minimum absolute atomic E-state index is 0.0712. The van der Waals surface area contributed by atoms with Crippen LogP contribution in [0, 0.1) is 5.82 Å². The number of aromatic nitrogens is 2. The van der Waals surface area contributed by atoms with Gasteiger partial charge in [-0.25, -0.2) is 14.4 Å². The fourth-order valence-corrected chi connectivity index (χ4v) is 3.63. The fourth-order valence-electron chi connectivity index (χ4n) is 3.63. The molecule has 0 spiro atoms. The second-order valence-corrected chi connectivity index (χ2v) is 7.27. The zero-order valence-corrected chi connectivity index (χ0v) is 17.4. The number of ether oxygens (including phenoxy) is 2. The van der Waals surface area contributed by atoms with Crippen LogP contribution in [-0.2, 0) is 0 Å². The third-order valence-electron chi connectivity index (χ3n) is 5.20. The Labute approximate surface area is 180 Å². The van der Waals surface area contributed by atoms with Gasteiger partial charge < -0.3 is 19.3 Å². The van der Waals surface area contributed by atoms with Gasteiger partial charge in [-0.2, -0.15) is 0 Å². The minimum Gasteiger partial charge on any atom is -0.493 e. The highest BCUT2D eigenvalue weighted by Crippen LogP contribution is 2.31. The summed E-state index contributed by atoms with van der Waals surface area (Å²) in [6.45, 7) is 3.66. The maximum atomic E-state index is 13.5. The molecule has 31 heavy (non-hydrogen) atoms. The van der Waals surface area contributed by atoms with Crippen molar-refractivity contribution in [2.24, 2.45) is 0 Å². The molecule has 7 nitrogen and oxygen atoms in total. The topological polar surface area (TPSA) is 67.8 Å². The Balaban J connectivity index is 1.46. The fraction of sp³-hybridized carbons (Fsp3) is 0.261. The lowest BCUT2D eigenvalue weighted by Gasteiger charge is -2.40. The molecule has 2 heterocycles. The van der Waals surface area contributed by atoms with Crippen LogP contribution in [0.2, 0.25) is 0 Å². The average molecular weight is 422 g/mol. The van der Waals surface area contributed by atoms with E-state index >= 15 is 0 Å². The number of para-hydroxylation sites is 2. The number of rotatable bonds is 5. The summed E-state index contributed by atoms with van der Waals surface area (Å²) < 4.78 is 24.7. The van der Waals surface area contributed by atoms with Gasteiger partial charge in [-0.3, -0.25) is 4.79 Å². The number of carbonyl (C=O) groups excluding carboxylic acids is 1. The number of hydrogen-bond acceptors (Lipinski definition) is 6. The lowest BCUT2D eigenvalue weighted by Crippen LogP contribution is -2.54. The van der Waals surface area contributed by atoms with Gasteiger partial charge in [0.1, 0.15) is 18.0 Å². The predicted molar refractivity (Wildman–Crippen MR) is 114 cm³/mol. The number of amides is 1. The van der Waals surface area contributed by atoms with Crippen molar-refractivity contribution in [2.45, 2.75) is 13.0 Å². The van der Waals surface area contributed by atoms with Crippen LogP contribution in [0.3, 0.4) is 0 Å². The Hall–Kier alpha value is -3.68. The van der Waals surface area contributed by atoms with Crippen LogP contribution in [0.4, 0.5) is 10.2 Å². The molecule has 1 aliphatic heterocycles. The van der Waals surface area contributed by atoms with Gasteiger partial charge in [0.25, 0.3) is 5.91 Å². The van der Waals surface area contributed by atoms with Gasteiger partial charge in [0.05, 0.1) is 7.11 Å². The smallest absolute Gasteiger partial charge is 0.254 e. The predicted octanol–water partition coefficient (Wildman–Crippen LogP) is 3.77. The van der Waals surface area contributed by atoms with E-state index in [0.29, 0.717) is 48.4 Å². The molecule has 2 aromatic carbocycles. The minimum atomic E-state index is -0.416. The van der Waals surface area contributed by atoms with E-state index in [4.69, 9.17) is 9.47 Å². The SMILES string of the molecule is COc1ccccc1Oc1cc(N2CCN(C(=O)c3cccc(F)c3)C(C)C2)ncn1. The number of carbonyl (C=O) groups is 1. The quantitative estimate of drug-likeness (QED) is 0.624. The molecule has 4 rings (SSSR count). The van der Waals surface area contributed by atoms with Crippen molar-refractivity contribution >= 4 is 11.7 Å². The molecule has 1 atom stereocenters. The van der Waals surface area contributed by atoms with Crippen molar-refractivity contribution in [3.05, 3.63) is 72.3 Å². The van der Waals surface area contributed by atoms with Crippen molar-refractivity contribution in [1.29, 1.82) is 0 Å². The Kier molecular flexibility index (Phi) is 5.97. The van der Waals surface area contributed by atoms with Crippen LogP contribution in [0.25, 0.3) is 0 Å². The summed E-state index contributed by atoms with van der Waals surface area (Å²) >= 11 is 0. The molecule has 1 amide bonds. The van der Waals surface area contributed by atoms with E-state index in [2.05, 4.69) is 14.9 Å². The second-order valence-electron chi connectivity index (χ2n) is 7.27. The Morgan fingerprint density at radius 1 is 1.06 bits per heavy atom. The van der Waals surface area contributed by atoms with Crippen molar-refractivity contribution in [3.63, 3.8) is 0 Å². The number of halogens is 1. The van der Waals surface area contributed by atoms with Crippen molar-refractivity contribution in [3.8, 4) is 17.4 Å². The Morgan fingerprint density at radius 3 is 2.61 bits per heavy atom. The number of methoxy groups -OCH3 is 1. The molecule has 0 aliphatic carbocycles. The maximum Gasteiger partial charge on any atom is 0.254 e. The third kappa shape index (κ3) is 4.58. The molecule has 0 N–H and O–H groups in total. The van der Waals surface area contributed by atoms with Crippen LogP contribution in [0.15, 0.2) is 60.9 Å². The van der Waals surface area contributed by atoms with Crippen LogP contribution < -0.4 is 14.4 Å². The molecular formula is C23H23FN4O3. The number of anilines is 1. The summed E-state index contributed by atoms with van der Waals surface area (Å²) in [7, 11) is 1.58. The highest BCUT2D eigenvalue weighted by atomic mass is 19.1. The van der Waals surface area contributed by atoms with Gasteiger partial charge in [0.15, 0.2) is 11.5 Å². The third-order valence-corrected chi connectivity index (χ3v) is 5.20. The highest BCUT2D eigenvalue weighted by Gasteiger charge is 2.29. The summed E-state index contributed by atoms with van der Waals surface area (Å²) in [6, 6.07) is 14.8. The van der Waals surface area contributed by atoms with Gasteiger partial charge in [0, 0.05) is 37.3 Å². The molecule has 1 fully saturated rings. The van der Waals surface area contributed by atoms with E-state index in [0.717, 1.165) is 0 Å². The molecule has 1 saturated heterocycles. The molecule has 3 aromatic rings. The van der Waals surface area contributed by atoms with E-state index in [1.54, 1.807) is 36.3 Å². The van der Waals surface area contributed by atoms with Crippen molar-refractivity contribution < 1.29 is 18.7 Å². The Bertz CT molecular complexity index is 1080. The van der Waals surface area contributed by atoms with Crippen LogP contribution in [-0.4, -0.2) is 53.6 Å². The second kappa shape index (κ2) is 8.99. The van der Waals surface area contributed by atoms with Gasteiger partial charge in [-0.15, -0.1) is 0 Å². The summed E-state index contributed by atoms with van der Waals surface area (Å²) in [5.41, 5.74) is 0.356. The first-order valence-electron chi connectivity index (χ1n) is 9.99. The molecule has 1 aliphatic rings. The number of nitrogens with zero attached hydrogens (tertiary/aromatic N) is 4. The van der Waals surface area contributed by atoms with Crippen molar-refractivity contribution in [2.75, 3.05) is 31.6 Å². The normalized spacial score (nSPS) is 16.2. The first-order valence-corrected chi connectivity index (χ1v) is 9.99. The number of piperazine rings is 1. The van der Waals surface area contributed by atoms with E-state index in [1.807, 2.05) is 25.1 Å². The monoisotopic (exact) mass is 422 g/mol. The molecule has 0 bridgehead atoms. The summed E-state index contributed by atoms with van der Waals surface area (Å²) in [4.78, 5) is 25.2. The number of hydrogen-bond donors (Lipinski definition) is 0.